The number of aliphatic hydroxyl groups excluding tert-OH is 1. The van der Waals surface area contributed by atoms with Crippen molar-refractivity contribution < 1.29 is 14.3 Å². The summed E-state index contributed by atoms with van der Waals surface area (Å²) in [5.41, 5.74) is -0.302. The van der Waals surface area contributed by atoms with E-state index in [4.69, 9.17) is 9.52 Å². The van der Waals surface area contributed by atoms with Crippen LogP contribution in [0, 0.1) is 11.3 Å². The molecule has 1 heterocycles. The van der Waals surface area contributed by atoms with Crippen LogP contribution in [0.15, 0.2) is 22.6 Å². The van der Waals surface area contributed by atoms with Gasteiger partial charge < -0.3 is 14.8 Å². The molecule has 0 saturated heterocycles. The lowest BCUT2D eigenvalue weighted by molar-refractivity contribution is -0.117. The molecule has 2 atom stereocenters. The molecule has 0 aliphatic heterocycles. The Labute approximate surface area is 119 Å². The zero-order chi connectivity index (χ0) is 14.8. The summed E-state index contributed by atoms with van der Waals surface area (Å²) in [6.07, 6.45) is 4.33. The maximum Gasteiger partial charge on any atom is 0.244 e. The molecule has 0 bridgehead atoms. The molecule has 1 aliphatic carbocycles. The lowest BCUT2D eigenvalue weighted by Gasteiger charge is -2.21. The Morgan fingerprint density at radius 1 is 1.55 bits per heavy atom. The van der Waals surface area contributed by atoms with Gasteiger partial charge in [0, 0.05) is 30.6 Å². The van der Waals surface area contributed by atoms with Crippen LogP contribution in [0.5, 0.6) is 0 Å². The van der Waals surface area contributed by atoms with Crippen molar-refractivity contribution in [1.29, 1.82) is 0 Å². The molecule has 2 rings (SSSR count). The second-order valence-electron chi connectivity index (χ2n) is 6.43. The molecule has 1 aromatic heterocycles. The van der Waals surface area contributed by atoms with E-state index in [0.29, 0.717) is 24.1 Å². The predicted molar refractivity (Wildman–Crippen MR) is 78.1 cm³/mol. The van der Waals surface area contributed by atoms with Gasteiger partial charge in [-0.15, -0.1) is 0 Å². The highest BCUT2D eigenvalue weighted by Crippen LogP contribution is 2.47. The van der Waals surface area contributed by atoms with Gasteiger partial charge in [-0.2, -0.15) is 0 Å². The van der Waals surface area contributed by atoms with Gasteiger partial charge in [0.1, 0.15) is 11.5 Å². The molecule has 4 nitrogen and oxygen atoms in total. The van der Waals surface area contributed by atoms with E-state index in [-0.39, 0.29) is 17.9 Å². The van der Waals surface area contributed by atoms with E-state index >= 15 is 0 Å². The number of rotatable bonds is 6. The maximum atomic E-state index is 11.7. The zero-order valence-corrected chi connectivity index (χ0v) is 12.3. The van der Waals surface area contributed by atoms with E-state index in [1.165, 1.54) is 12.5 Å². The van der Waals surface area contributed by atoms with Gasteiger partial charge in [0.05, 0.1) is 0 Å². The van der Waals surface area contributed by atoms with Gasteiger partial charge in [-0.3, -0.25) is 4.79 Å². The molecule has 4 heteroatoms. The Hall–Kier alpha value is -1.55. The van der Waals surface area contributed by atoms with E-state index in [0.717, 1.165) is 5.76 Å². The first kappa shape index (κ1) is 14.9. The zero-order valence-electron chi connectivity index (χ0n) is 12.3. The lowest BCUT2D eigenvalue weighted by atomic mass is 9.95. The molecule has 2 N–H and O–H groups in total. The summed E-state index contributed by atoms with van der Waals surface area (Å²) < 4.78 is 5.69. The largest absolute Gasteiger partial charge is 0.461 e. The van der Waals surface area contributed by atoms with Gasteiger partial charge in [-0.1, -0.05) is 20.8 Å². The Balaban J connectivity index is 1.83. The molecule has 0 radical (unpaired) electrons. The first-order valence-corrected chi connectivity index (χ1v) is 7.08. The Morgan fingerprint density at radius 2 is 2.25 bits per heavy atom. The summed E-state index contributed by atoms with van der Waals surface area (Å²) in [5.74, 6) is 2.80. The van der Waals surface area contributed by atoms with Gasteiger partial charge in [0.25, 0.3) is 0 Å². The van der Waals surface area contributed by atoms with Gasteiger partial charge in [0.15, 0.2) is 0 Å². The van der Waals surface area contributed by atoms with Crippen molar-refractivity contribution in [3.8, 4) is 0 Å². The molecule has 0 spiro atoms. The Bertz CT molecular complexity index is 502. The number of aliphatic hydroxyl groups is 1. The summed E-state index contributed by atoms with van der Waals surface area (Å²) >= 11 is 0. The fourth-order valence-corrected chi connectivity index (χ4v) is 1.97. The summed E-state index contributed by atoms with van der Waals surface area (Å²) in [6.45, 7) is 6.48. The van der Waals surface area contributed by atoms with Crippen LogP contribution in [0.2, 0.25) is 0 Å². The summed E-state index contributed by atoms with van der Waals surface area (Å²) in [4.78, 5) is 11.7. The number of furan rings is 1. The van der Waals surface area contributed by atoms with Crippen molar-refractivity contribution in [2.75, 3.05) is 13.2 Å². The monoisotopic (exact) mass is 277 g/mol. The molecule has 1 fully saturated rings. The van der Waals surface area contributed by atoms with Crippen molar-refractivity contribution in [3.05, 3.63) is 29.7 Å². The Kier molecular flexibility index (Phi) is 4.33. The second kappa shape index (κ2) is 5.83. The average Bonchev–Trinajstić information content (AvgIpc) is 2.97. The minimum atomic E-state index is -0.302. The van der Waals surface area contributed by atoms with Gasteiger partial charge in [-0.25, -0.2) is 0 Å². The molecular weight excluding hydrogens is 254 g/mol. The first-order valence-electron chi connectivity index (χ1n) is 7.08. The highest BCUT2D eigenvalue weighted by Gasteiger charge is 2.36. The second-order valence-corrected chi connectivity index (χ2v) is 6.43. The molecule has 1 aromatic rings. The molecule has 110 valence electrons. The van der Waals surface area contributed by atoms with Crippen LogP contribution in [0.1, 0.15) is 44.6 Å². The summed E-state index contributed by atoms with van der Waals surface area (Å²) in [5, 5.41) is 11.9. The molecule has 0 aromatic carbocycles. The quantitative estimate of drug-likeness (QED) is 0.785. The van der Waals surface area contributed by atoms with Gasteiger partial charge in [-0.05, 0) is 30.5 Å². The number of carbonyl (C=O) groups is 1. The fourth-order valence-electron chi connectivity index (χ4n) is 1.97. The van der Waals surface area contributed by atoms with Crippen molar-refractivity contribution in [2.24, 2.45) is 11.3 Å². The first-order chi connectivity index (χ1) is 9.41. The van der Waals surface area contributed by atoms with E-state index in [1.54, 1.807) is 6.08 Å². The standard InChI is InChI=1S/C16H23NO3/c1-11-8-13(11)14-6-4-12(20-14)5-7-15(19)17-9-16(2,3)10-18/h4-7,11,13,18H,8-10H2,1-3H3,(H,17,19)/b7-5+. The molecule has 20 heavy (non-hydrogen) atoms. The minimum absolute atomic E-state index is 0.0398. The van der Waals surface area contributed by atoms with E-state index < -0.39 is 0 Å². The van der Waals surface area contributed by atoms with Crippen molar-refractivity contribution in [3.63, 3.8) is 0 Å². The average molecular weight is 277 g/mol. The maximum absolute atomic E-state index is 11.7. The van der Waals surface area contributed by atoms with Crippen LogP contribution in [-0.4, -0.2) is 24.2 Å². The van der Waals surface area contributed by atoms with Crippen LogP contribution >= 0.6 is 0 Å². The third-order valence-corrected chi connectivity index (χ3v) is 3.69. The molecule has 1 amide bonds. The predicted octanol–water partition coefficient (Wildman–Crippen LogP) is 2.55. The normalized spacial score (nSPS) is 22.2. The topological polar surface area (TPSA) is 62.5 Å². The highest BCUT2D eigenvalue weighted by atomic mass is 16.3. The molecular formula is C16H23NO3. The van der Waals surface area contributed by atoms with Crippen LogP contribution in [-0.2, 0) is 4.79 Å². The summed E-state index contributed by atoms with van der Waals surface area (Å²) in [6, 6.07) is 3.88. The molecule has 1 aliphatic rings. The van der Waals surface area contributed by atoms with Crippen LogP contribution < -0.4 is 5.32 Å². The summed E-state index contributed by atoms with van der Waals surface area (Å²) in [7, 11) is 0. The fraction of sp³-hybridized carbons (Fsp3) is 0.562. The lowest BCUT2D eigenvalue weighted by Crippen LogP contribution is -2.35. The smallest absolute Gasteiger partial charge is 0.244 e. The van der Waals surface area contributed by atoms with E-state index in [2.05, 4.69) is 12.2 Å². The number of amides is 1. The molecule has 2 unspecified atom stereocenters. The van der Waals surface area contributed by atoms with Gasteiger partial charge >= 0.3 is 0 Å². The van der Waals surface area contributed by atoms with Crippen molar-refractivity contribution in [2.45, 2.75) is 33.1 Å². The van der Waals surface area contributed by atoms with Crippen LogP contribution in [0.3, 0.4) is 0 Å². The van der Waals surface area contributed by atoms with Crippen molar-refractivity contribution >= 4 is 12.0 Å². The third kappa shape index (κ3) is 3.97. The number of hydrogen-bond donors (Lipinski definition) is 2. The SMILES string of the molecule is CC1CC1c1ccc(/C=C/C(=O)NCC(C)(C)CO)o1. The third-order valence-electron chi connectivity index (χ3n) is 3.69. The van der Waals surface area contributed by atoms with E-state index in [9.17, 15) is 4.79 Å². The highest BCUT2D eigenvalue weighted by molar-refractivity contribution is 5.91. The number of hydrogen-bond acceptors (Lipinski definition) is 3. The molecule has 1 saturated carbocycles. The van der Waals surface area contributed by atoms with Gasteiger partial charge in [0.2, 0.25) is 5.91 Å². The van der Waals surface area contributed by atoms with Crippen LogP contribution in [0.4, 0.5) is 0 Å². The van der Waals surface area contributed by atoms with Crippen molar-refractivity contribution in [1.82, 2.24) is 5.32 Å². The number of carbonyl (C=O) groups excluding carboxylic acids is 1. The number of nitrogens with one attached hydrogen (secondary N) is 1. The Morgan fingerprint density at radius 3 is 2.85 bits per heavy atom. The van der Waals surface area contributed by atoms with E-state index in [1.807, 2.05) is 26.0 Å². The van der Waals surface area contributed by atoms with Crippen LogP contribution in [0.25, 0.3) is 6.08 Å². The minimum Gasteiger partial charge on any atom is -0.461 e.